The summed E-state index contributed by atoms with van der Waals surface area (Å²) in [5, 5.41) is 3.39. The molecule has 0 aromatic heterocycles. The van der Waals surface area contributed by atoms with Gasteiger partial charge in [0.25, 0.3) is 0 Å². The first-order chi connectivity index (χ1) is 8.22. The summed E-state index contributed by atoms with van der Waals surface area (Å²) in [6.45, 7) is 6.91. The summed E-state index contributed by atoms with van der Waals surface area (Å²) in [7, 11) is 2.07. The molecule has 1 aromatic rings. The zero-order chi connectivity index (χ0) is 12.3. The minimum atomic E-state index is 0.605. The number of hydrogen-bond donors (Lipinski definition) is 1. The third-order valence-corrected chi connectivity index (χ3v) is 3.80. The van der Waals surface area contributed by atoms with E-state index in [0.29, 0.717) is 12.0 Å². The Bertz CT molecular complexity index is 352. The predicted octanol–water partition coefficient (Wildman–Crippen LogP) is 3.00. The third kappa shape index (κ3) is 2.81. The molecule has 0 atom stereocenters. The van der Waals surface area contributed by atoms with Crippen molar-refractivity contribution in [3.8, 4) is 0 Å². The van der Waals surface area contributed by atoms with Crippen LogP contribution >= 0.6 is 0 Å². The number of rotatable bonds is 3. The lowest BCUT2D eigenvalue weighted by Crippen LogP contribution is -2.41. The highest BCUT2D eigenvalue weighted by Gasteiger charge is 2.20. The Morgan fingerprint density at radius 1 is 1.18 bits per heavy atom. The van der Waals surface area contributed by atoms with Crippen molar-refractivity contribution in [3.63, 3.8) is 0 Å². The molecule has 0 aliphatic carbocycles. The molecule has 17 heavy (non-hydrogen) atoms. The molecule has 2 rings (SSSR count). The number of hydrogen-bond acceptors (Lipinski definition) is 2. The highest BCUT2D eigenvalue weighted by atomic mass is 15.1. The quantitative estimate of drug-likeness (QED) is 0.862. The molecule has 1 aromatic carbocycles. The van der Waals surface area contributed by atoms with Gasteiger partial charge in [0, 0.05) is 24.8 Å². The molecule has 0 bridgehead atoms. The smallest absolute Gasteiger partial charge is 0.0401 e. The molecule has 0 spiro atoms. The molecule has 2 heteroatoms. The van der Waals surface area contributed by atoms with Gasteiger partial charge < -0.3 is 10.2 Å². The minimum absolute atomic E-state index is 0.605. The second kappa shape index (κ2) is 5.54. The molecule has 1 saturated heterocycles. The van der Waals surface area contributed by atoms with E-state index < -0.39 is 0 Å². The maximum Gasteiger partial charge on any atom is 0.0401 e. The van der Waals surface area contributed by atoms with E-state index in [1.165, 1.54) is 37.2 Å². The fourth-order valence-electron chi connectivity index (χ4n) is 2.67. The highest BCUT2D eigenvalue weighted by Crippen LogP contribution is 2.29. The number of piperidine rings is 1. The molecule has 1 aliphatic heterocycles. The first kappa shape index (κ1) is 12.4. The van der Waals surface area contributed by atoms with Crippen molar-refractivity contribution in [1.82, 2.24) is 5.32 Å². The molecular formula is C15H24N2. The number of benzene rings is 1. The second-order valence-corrected chi connectivity index (χ2v) is 5.26. The van der Waals surface area contributed by atoms with E-state index in [-0.39, 0.29) is 0 Å². The van der Waals surface area contributed by atoms with E-state index in [4.69, 9.17) is 0 Å². The van der Waals surface area contributed by atoms with Gasteiger partial charge in [-0.2, -0.15) is 0 Å². The molecule has 1 N–H and O–H groups in total. The van der Waals surface area contributed by atoms with E-state index in [0.717, 1.165) is 0 Å². The first-order valence-electron chi connectivity index (χ1n) is 6.73. The molecule has 0 amide bonds. The van der Waals surface area contributed by atoms with Crippen molar-refractivity contribution in [2.75, 3.05) is 25.0 Å². The van der Waals surface area contributed by atoms with E-state index in [1.807, 2.05) is 0 Å². The van der Waals surface area contributed by atoms with Gasteiger partial charge >= 0.3 is 0 Å². The van der Waals surface area contributed by atoms with E-state index >= 15 is 0 Å². The minimum Gasteiger partial charge on any atom is -0.371 e. The van der Waals surface area contributed by atoms with Gasteiger partial charge in [-0.05, 0) is 37.4 Å². The number of nitrogens with one attached hydrogen (secondary N) is 1. The van der Waals surface area contributed by atoms with E-state index in [9.17, 15) is 0 Å². The predicted molar refractivity (Wildman–Crippen MR) is 74.8 cm³/mol. The highest BCUT2D eigenvalue weighted by molar-refractivity contribution is 5.55. The van der Waals surface area contributed by atoms with Crippen LogP contribution in [0.5, 0.6) is 0 Å². The average molecular weight is 232 g/mol. The summed E-state index contributed by atoms with van der Waals surface area (Å²) in [6, 6.07) is 9.56. The first-order valence-corrected chi connectivity index (χ1v) is 6.73. The van der Waals surface area contributed by atoms with Gasteiger partial charge in [-0.3, -0.25) is 0 Å². The zero-order valence-electron chi connectivity index (χ0n) is 11.2. The van der Waals surface area contributed by atoms with Crippen LogP contribution in [0.25, 0.3) is 0 Å². The third-order valence-electron chi connectivity index (χ3n) is 3.80. The number of anilines is 1. The van der Waals surface area contributed by atoms with Crippen molar-refractivity contribution >= 4 is 5.69 Å². The average Bonchev–Trinajstić information content (AvgIpc) is 2.39. The van der Waals surface area contributed by atoms with Crippen LogP contribution in [0.1, 0.15) is 38.2 Å². The molecule has 0 saturated carbocycles. The lowest BCUT2D eigenvalue weighted by Gasteiger charge is -2.35. The van der Waals surface area contributed by atoms with Crippen LogP contribution in [0.4, 0.5) is 5.69 Å². The Kier molecular flexibility index (Phi) is 4.06. The molecule has 0 radical (unpaired) electrons. The van der Waals surface area contributed by atoms with Gasteiger partial charge in [0.1, 0.15) is 0 Å². The largest absolute Gasteiger partial charge is 0.371 e. The van der Waals surface area contributed by atoms with E-state index in [1.54, 1.807) is 0 Å². The number of nitrogens with zero attached hydrogens (tertiary/aromatic N) is 1. The van der Waals surface area contributed by atoms with Gasteiger partial charge in [0.15, 0.2) is 0 Å². The summed E-state index contributed by atoms with van der Waals surface area (Å²) in [5.74, 6) is 0.605. The van der Waals surface area contributed by atoms with Crippen LogP contribution in [0.15, 0.2) is 24.3 Å². The maximum absolute atomic E-state index is 3.39. The Morgan fingerprint density at radius 2 is 1.82 bits per heavy atom. The van der Waals surface area contributed by atoms with Crippen molar-refractivity contribution < 1.29 is 0 Å². The lowest BCUT2D eigenvalue weighted by atomic mass is 9.98. The summed E-state index contributed by atoms with van der Waals surface area (Å²) >= 11 is 0. The molecule has 0 unspecified atom stereocenters. The molecule has 1 heterocycles. The van der Waals surface area contributed by atoms with Crippen molar-refractivity contribution in [3.05, 3.63) is 29.8 Å². The molecule has 2 nitrogen and oxygen atoms in total. The van der Waals surface area contributed by atoms with Gasteiger partial charge in [-0.25, -0.2) is 0 Å². The van der Waals surface area contributed by atoms with Crippen molar-refractivity contribution in [2.45, 2.75) is 38.6 Å². The molecule has 94 valence electrons. The van der Waals surface area contributed by atoms with Gasteiger partial charge in [0.2, 0.25) is 0 Å². The van der Waals surface area contributed by atoms with Gasteiger partial charge in [-0.1, -0.05) is 32.0 Å². The fourth-order valence-corrected chi connectivity index (χ4v) is 2.67. The summed E-state index contributed by atoms with van der Waals surface area (Å²) in [4.78, 5) is 2.54. The Balaban J connectivity index is 2.13. The van der Waals surface area contributed by atoms with Gasteiger partial charge in [-0.15, -0.1) is 0 Å². The molecular weight excluding hydrogens is 208 g/mol. The standard InChI is InChI=1S/C15H24N2/c1-12(2)14-6-4-5-7-15(14)17-10-8-13(16-3)9-11-17/h4-7,12-13,16H,8-11H2,1-3H3. The monoisotopic (exact) mass is 232 g/mol. The second-order valence-electron chi connectivity index (χ2n) is 5.26. The van der Waals surface area contributed by atoms with Crippen LogP contribution in [-0.2, 0) is 0 Å². The topological polar surface area (TPSA) is 15.3 Å². The van der Waals surface area contributed by atoms with Crippen LogP contribution in [0.2, 0.25) is 0 Å². The van der Waals surface area contributed by atoms with Crippen LogP contribution in [0.3, 0.4) is 0 Å². The van der Waals surface area contributed by atoms with Crippen LogP contribution in [-0.4, -0.2) is 26.2 Å². The van der Waals surface area contributed by atoms with Crippen molar-refractivity contribution in [1.29, 1.82) is 0 Å². The molecule has 1 fully saturated rings. The molecule has 1 aliphatic rings. The SMILES string of the molecule is CNC1CCN(c2ccccc2C(C)C)CC1. The number of para-hydroxylation sites is 1. The Morgan fingerprint density at radius 3 is 2.41 bits per heavy atom. The van der Waals surface area contributed by atoms with Gasteiger partial charge in [0.05, 0.1) is 0 Å². The normalized spacial score (nSPS) is 17.8. The maximum atomic E-state index is 3.39. The van der Waals surface area contributed by atoms with Crippen LogP contribution in [0, 0.1) is 0 Å². The Hall–Kier alpha value is -1.02. The summed E-state index contributed by atoms with van der Waals surface area (Å²) < 4.78 is 0. The van der Waals surface area contributed by atoms with Crippen molar-refractivity contribution in [2.24, 2.45) is 0 Å². The van der Waals surface area contributed by atoms with Crippen LogP contribution < -0.4 is 10.2 Å². The fraction of sp³-hybridized carbons (Fsp3) is 0.600. The lowest BCUT2D eigenvalue weighted by molar-refractivity contribution is 0.442. The van der Waals surface area contributed by atoms with E-state index in [2.05, 4.69) is 55.4 Å². The zero-order valence-corrected chi connectivity index (χ0v) is 11.2. The Labute approximate surface area is 105 Å². The summed E-state index contributed by atoms with van der Waals surface area (Å²) in [5.41, 5.74) is 2.92. The summed E-state index contributed by atoms with van der Waals surface area (Å²) in [6.07, 6.45) is 2.51.